The molecule has 6 heteroatoms. The highest BCUT2D eigenvalue weighted by Gasteiger charge is 2.66. The predicted octanol–water partition coefficient (Wildman–Crippen LogP) is 3.22. The SMILES string of the molecule is CCCN1C(=O)[C@H]2[C@H](C[C@H](CC)[C@@]3(O)O[C@H](c4cc(C)c(O)c(C)c4)C[C@@H]23)C1=O. The summed E-state index contributed by atoms with van der Waals surface area (Å²) in [5.41, 5.74) is 2.42. The molecule has 0 aromatic heterocycles. The van der Waals surface area contributed by atoms with Crippen molar-refractivity contribution in [3.8, 4) is 5.75 Å². The van der Waals surface area contributed by atoms with Crippen LogP contribution in [-0.2, 0) is 14.3 Å². The monoisotopic (exact) mass is 401 g/mol. The van der Waals surface area contributed by atoms with E-state index < -0.39 is 17.6 Å². The van der Waals surface area contributed by atoms with Gasteiger partial charge < -0.3 is 14.9 Å². The zero-order valence-electron chi connectivity index (χ0n) is 17.6. The van der Waals surface area contributed by atoms with Crippen molar-refractivity contribution in [3.63, 3.8) is 0 Å². The number of amides is 2. The molecule has 29 heavy (non-hydrogen) atoms. The fourth-order valence-corrected chi connectivity index (χ4v) is 5.84. The standard InChI is InChI=1S/C23H31NO5/c1-5-7-24-21(26)16-10-15(6-2)23(28)17(19(16)22(24)27)11-18(29-23)14-8-12(3)20(25)13(4)9-14/h8-9,15-19,25,28H,5-7,10-11H2,1-4H3/t15-,16-,17-,18-,19-,23+/m0/s1. The van der Waals surface area contributed by atoms with Crippen LogP contribution in [0.2, 0.25) is 0 Å². The second kappa shape index (κ2) is 7.10. The summed E-state index contributed by atoms with van der Waals surface area (Å²) in [6, 6.07) is 3.77. The molecule has 2 saturated heterocycles. The van der Waals surface area contributed by atoms with Crippen molar-refractivity contribution in [1.82, 2.24) is 4.90 Å². The number of aromatic hydroxyl groups is 1. The van der Waals surface area contributed by atoms with Gasteiger partial charge in [-0.15, -0.1) is 0 Å². The molecule has 1 aliphatic carbocycles. The molecular weight excluding hydrogens is 370 g/mol. The van der Waals surface area contributed by atoms with E-state index in [1.807, 2.05) is 39.8 Å². The molecule has 2 heterocycles. The maximum Gasteiger partial charge on any atom is 0.233 e. The summed E-state index contributed by atoms with van der Waals surface area (Å²) >= 11 is 0. The molecule has 2 aliphatic heterocycles. The van der Waals surface area contributed by atoms with Gasteiger partial charge in [0, 0.05) is 18.4 Å². The second-order valence-electron chi connectivity index (χ2n) is 9.01. The Morgan fingerprint density at radius 3 is 2.38 bits per heavy atom. The first kappa shape index (κ1) is 20.4. The van der Waals surface area contributed by atoms with Crippen LogP contribution in [0, 0.1) is 37.5 Å². The van der Waals surface area contributed by atoms with Crippen molar-refractivity contribution in [3.05, 3.63) is 28.8 Å². The van der Waals surface area contributed by atoms with Crippen molar-refractivity contribution >= 4 is 11.8 Å². The Hall–Kier alpha value is -1.92. The van der Waals surface area contributed by atoms with E-state index >= 15 is 0 Å². The molecule has 0 unspecified atom stereocenters. The van der Waals surface area contributed by atoms with E-state index in [2.05, 4.69) is 0 Å². The fourth-order valence-electron chi connectivity index (χ4n) is 5.84. The van der Waals surface area contributed by atoms with Crippen LogP contribution in [0.15, 0.2) is 12.1 Å². The van der Waals surface area contributed by atoms with Gasteiger partial charge in [0.15, 0.2) is 5.79 Å². The number of aryl methyl sites for hydroxylation is 2. The molecule has 0 spiro atoms. The number of aliphatic hydroxyl groups is 1. The molecular formula is C23H31NO5. The number of carbonyl (C=O) groups is 2. The Bertz CT molecular complexity index is 829. The zero-order chi connectivity index (χ0) is 21.1. The van der Waals surface area contributed by atoms with Crippen LogP contribution in [0.25, 0.3) is 0 Å². The van der Waals surface area contributed by atoms with Gasteiger partial charge in [-0.1, -0.05) is 13.8 Å². The summed E-state index contributed by atoms with van der Waals surface area (Å²) in [5, 5.41) is 21.7. The highest BCUT2D eigenvalue weighted by Crippen LogP contribution is 2.59. The van der Waals surface area contributed by atoms with Crippen molar-refractivity contribution in [2.24, 2.45) is 23.7 Å². The predicted molar refractivity (Wildman–Crippen MR) is 107 cm³/mol. The summed E-state index contributed by atoms with van der Waals surface area (Å²) in [7, 11) is 0. The van der Waals surface area contributed by atoms with Gasteiger partial charge in [0.25, 0.3) is 0 Å². The molecule has 6 atom stereocenters. The number of nitrogens with zero attached hydrogens (tertiary/aromatic N) is 1. The number of likely N-dealkylation sites (tertiary alicyclic amines) is 1. The number of hydrogen-bond donors (Lipinski definition) is 2. The van der Waals surface area contributed by atoms with Gasteiger partial charge in [0.05, 0.1) is 17.9 Å². The van der Waals surface area contributed by atoms with E-state index in [9.17, 15) is 19.8 Å². The first-order chi connectivity index (χ1) is 13.7. The lowest BCUT2D eigenvalue weighted by Crippen LogP contribution is -2.53. The number of hydrogen-bond acceptors (Lipinski definition) is 5. The second-order valence-corrected chi connectivity index (χ2v) is 9.01. The summed E-state index contributed by atoms with van der Waals surface area (Å²) in [4.78, 5) is 27.4. The first-order valence-corrected chi connectivity index (χ1v) is 10.8. The minimum atomic E-state index is -1.40. The molecule has 158 valence electrons. The van der Waals surface area contributed by atoms with Gasteiger partial charge >= 0.3 is 0 Å². The number of phenolic OH excluding ortho intramolecular Hbond substituents is 1. The summed E-state index contributed by atoms with van der Waals surface area (Å²) < 4.78 is 6.27. The number of rotatable bonds is 4. The van der Waals surface area contributed by atoms with Gasteiger partial charge in [-0.3, -0.25) is 14.5 Å². The lowest BCUT2D eigenvalue weighted by molar-refractivity contribution is -0.269. The van der Waals surface area contributed by atoms with Gasteiger partial charge in [-0.05, 0) is 68.4 Å². The average molecular weight is 402 g/mol. The maximum absolute atomic E-state index is 13.1. The van der Waals surface area contributed by atoms with Crippen molar-refractivity contribution in [2.75, 3.05) is 6.54 Å². The fraction of sp³-hybridized carbons (Fsp3) is 0.652. The summed E-state index contributed by atoms with van der Waals surface area (Å²) in [6.07, 6.45) is 2.04. The molecule has 1 saturated carbocycles. The van der Waals surface area contributed by atoms with E-state index in [1.54, 1.807) is 0 Å². The third-order valence-electron chi connectivity index (χ3n) is 7.28. The van der Waals surface area contributed by atoms with Crippen LogP contribution in [-0.4, -0.2) is 39.3 Å². The molecule has 1 aromatic rings. The lowest BCUT2D eigenvalue weighted by Gasteiger charge is -2.44. The lowest BCUT2D eigenvalue weighted by atomic mass is 9.64. The molecule has 2 N–H and O–H groups in total. The van der Waals surface area contributed by atoms with Crippen molar-refractivity contribution in [1.29, 1.82) is 0 Å². The number of fused-ring (bicyclic) bond motifs is 3. The highest BCUT2D eigenvalue weighted by molar-refractivity contribution is 6.05. The van der Waals surface area contributed by atoms with Crippen LogP contribution < -0.4 is 0 Å². The van der Waals surface area contributed by atoms with Crippen molar-refractivity contribution < 1.29 is 24.5 Å². The Kier molecular flexibility index (Phi) is 4.98. The largest absolute Gasteiger partial charge is 0.507 e. The van der Waals surface area contributed by atoms with Gasteiger partial charge in [0.2, 0.25) is 11.8 Å². The molecule has 2 amide bonds. The normalized spacial score (nSPS) is 36.4. The number of carbonyl (C=O) groups excluding carboxylic acids is 2. The van der Waals surface area contributed by atoms with Gasteiger partial charge in [-0.2, -0.15) is 0 Å². The van der Waals surface area contributed by atoms with Crippen LogP contribution >= 0.6 is 0 Å². The van der Waals surface area contributed by atoms with E-state index in [1.165, 1.54) is 4.90 Å². The third-order valence-corrected chi connectivity index (χ3v) is 7.28. The summed E-state index contributed by atoms with van der Waals surface area (Å²) in [6.45, 7) is 8.08. The molecule has 3 aliphatic rings. The van der Waals surface area contributed by atoms with Gasteiger partial charge in [0.1, 0.15) is 5.75 Å². The van der Waals surface area contributed by atoms with Crippen molar-refractivity contribution in [2.45, 2.75) is 65.3 Å². The topological polar surface area (TPSA) is 87.1 Å². The zero-order valence-corrected chi connectivity index (χ0v) is 17.6. The number of benzene rings is 1. The van der Waals surface area contributed by atoms with E-state index in [4.69, 9.17) is 4.74 Å². The number of ether oxygens (including phenoxy) is 1. The van der Waals surface area contributed by atoms with Gasteiger partial charge in [-0.25, -0.2) is 0 Å². The van der Waals surface area contributed by atoms with Crippen LogP contribution in [0.3, 0.4) is 0 Å². The molecule has 6 nitrogen and oxygen atoms in total. The molecule has 0 bridgehead atoms. The number of phenols is 1. The minimum absolute atomic E-state index is 0.0814. The molecule has 0 radical (unpaired) electrons. The number of imide groups is 1. The quantitative estimate of drug-likeness (QED) is 0.757. The maximum atomic E-state index is 13.1. The molecule has 3 fully saturated rings. The Labute approximate surface area is 171 Å². The van der Waals surface area contributed by atoms with Crippen LogP contribution in [0.5, 0.6) is 5.75 Å². The molecule has 4 rings (SSSR count). The van der Waals surface area contributed by atoms with E-state index in [-0.39, 0.29) is 35.5 Å². The van der Waals surface area contributed by atoms with Crippen LogP contribution in [0.4, 0.5) is 0 Å². The average Bonchev–Trinajstić information content (AvgIpc) is 3.15. The summed E-state index contributed by atoms with van der Waals surface area (Å²) in [5.74, 6) is -2.81. The van der Waals surface area contributed by atoms with Crippen LogP contribution in [0.1, 0.15) is 62.3 Å². The Morgan fingerprint density at radius 1 is 1.14 bits per heavy atom. The van der Waals surface area contributed by atoms with E-state index in [0.717, 1.165) is 23.1 Å². The smallest absolute Gasteiger partial charge is 0.233 e. The Balaban J connectivity index is 1.71. The third kappa shape index (κ3) is 2.91. The first-order valence-electron chi connectivity index (χ1n) is 10.8. The minimum Gasteiger partial charge on any atom is -0.507 e. The van der Waals surface area contributed by atoms with E-state index in [0.29, 0.717) is 25.8 Å². The Morgan fingerprint density at radius 2 is 1.79 bits per heavy atom. The highest BCUT2D eigenvalue weighted by atomic mass is 16.6. The molecule has 1 aromatic carbocycles.